The van der Waals surface area contributed by atoms with E-state index in [1.165, 1.54) is 11.1 Å². The number of carboxylic acid groups (broad SMARTS) is 2. The van der Waals surface area contributed by atoms with Crippen molar-refractivity contribution in [1.82, 2.24) is 9.97 Å². The fraction of sp³-hybridized carbons (Fsp3) is 0.405. The number of H-pyrrole nitrogens is 2. The molecule has 2 aromatic rings. The number of carboxylic acids is 2. The van der Waals surface area contributed by atoms with Crippen molar-refractivity contribution in [3.8, 4) is 0 Å². The summed E-state index contributed by atoms with van der Waals surface area (Å²) in [5, 5.41) is 22.1. The Labute approximate surface area is 265 Å². The summed E-state index contributed by atoms with van der Waals surface area (Å²) in [7, 11) is 0. The number of aliphatic carboxylic acids is 2. The first kappa shape index (κ1) is 33.4. The number of rotatable bonds is 11. The van der Waals surface area contributed by atoms with Gasteiger partial charge in [-0.2, -0.15) is 0 Å². The summed E-state index contributed by atoms with van der Waals surface area (Å²) in [6.07, 6.45) is 8.42. The Morgan fingerprint density at radius 1 is 0.778 bits per heavy atom. The van der Waals surface area contributed by atoms with Gasteiger partial charge in [0, 0.05) is 27.8 Å². The zero-order valence-corrected chi connectivity index (χ0v) is 28.0. The van der Waals surface area contributed by atoms with Crippen LogP contribution in [0.25, 0.3) is 24.8 Å². The monoisotopic (exact) mass is 610 g/mol. The quantitative estimate of drug-likeness (QED) is 0.224. The van der Waals surface area contributed by atoms with Crippen LogP contribution in [0.1, 0.15) is 107 Å². The Morgan fingerprint density at radius 2 is 1.40 bits per heavy atom. The lowest BCUT2D eigenvalue weighted by molar-refractivity contribution is -0.140. The zero-order valence-electron chi connectivity index (χ0n) is 28.0. The maximum absolute atomic E-state index is 12.5. The number of hydrogen-bond acceptors (Lipinski definition) is 4. The molecular weight excluding hydrogens is 564 g/mol. The first-order chi connectivity index (χ1) is 21.3. The van der Waals surface area contributed by atoms with Crippen LogP contribution in [0, 0.1) is 19.8 Å². The lowest BCUT2D eigenvalue weighted by Gasteiger charge is -2.15. The van der Waals surface area contributed by atoms with Crippen molar-refractivity contribution in [2.45, 2.75) is 93.9 Å². The molecule has 238 valence electrons. The highest BCUT2D eigenvalue weighted by Gasteiger charge is 2.31. The van der Waals surface area contributed by atoms with Crippen molar-refractivity contribution < 1.29 is 19.8 Å². The van der Waals surface area contributed by atoms with Gasteiger partial charge in [-0.25, -0.2) is 4.99 Å². The number of aromatic nitrogens is 2. The SMILES string of the molecule is C=c1[nH]/c(=C\C2=NC(=C\c3[nH]c(/C=C4\N=C(C)C(C)=C4C(CC)C(=O)O)c(C(CC)C(=O)O)c3C)/C(CC)=C2C)c(CC)c1C. The van der Waals surface area contributed by atoms with E-state index in [2.05, 4.69) is 50.3 Å². The highest BCUT2D eigenvalue weighted by atomic mass is 16.4. The highest BCUT2D eigenvalue weighted by molar-refractivity contribution is 6.23. The minimum atomic E-state index is -0.910. The molecule has 2 aromatic heterocycles. The fourth-order valence-corrected chi connectivity index (χ4v) is 6.67. The average molecular weight is 611 g/mol. The maximum atomic E-state index is 12.5. The number of nitrogens with one attached hydrogen (secondary N) is 2. The van der Waals surface area contributed by atoms with Crippen molar-refractivity contribution in [1.29, 1.82) is 0 Å². The van der Waals surface area contributed by atoms with Crippen LogP contribution in [0.2, 0.25) is 0 Å². The van der Waals surface area contributed by atoms with Crippen LogP contribution in [-0.2, 0) is 16.0 Å². The highest BCUT2D eigenvalue weighted by Crippen LogP contribution is 2.38. The first-order valence-corrected chi connectivity index (χ1v) is 15.8. The predicted molar refractivity (Wildman–Crippen MR) is 184 cm³/mol. The Bertz CT molecular complexity index is 1870. The Morgan fingerprint density at radius 3 is 1.96 bits per heavy atom. The lowest BCUT2D eigenvalue weighted by atomic mass is 9.89. The Kier molecular flexibility index (Phi) is 9.86. The van der Waals surface area contributed by atoms with Crippen LogP contribution >= 0.6 is 0 Å². The maximum Gasteiger partial charge on any atom is 0.311 e. The first-order valence-electron chi connectivity index (χ1n) is 15.8. The molecule has 2 aliphatic rings. The molecule has 2 unspecified atom stereocenters. The van der Waals surface area contributed by atoms with E-state index in [9.17, 15) is 19.8 Å². The van der Waals surface area contributed by atoms with Gasteiger partial charge in [0.05, 0.1) is 28.9 Å². The van der Waals surface area contributed by atoms with Gasteiger partial charge >= 0.3 is 11.9 Å². The van der Waals surface area contributed by atoms with Crippen LogP contribution in [0.4, 0.5) is 0 Å². The largest absolute Gasteiger partial charge is 0.481 e. The third-order valence-corrected chi connectivity index (χ3v) is 9.44. The molecule has 0 saturated heterocycles. The van der Waals surface area contributed by atoms with E-state index in [0.29, 0.717) is 35.4 Å². The molecular formula is C37H46N4O4. The zero-order chi connectivity index (χ0) is 33.3. The molecule has 0 saturated carbocycles. The van der Waals surface area contributed by atoms with Gasteiger partial charge in [-0.15, -0.1) is 0 Å². The molecule has 8 nitrogen and oxygen atoms in total. The number of hydrogen-bond donors (Lipinski definition) is 4. The molecule has 4 rings (SSSR count). The van der Waals surface area contributed by atoms with Crippen molar-refractivity contribution >= 4 is 48.2 Å². The van der Waals surface area contributed by atoms with E-state index >= 15 is 0 Å². The third kappa shape index (κ3) is 6.10. The summed E-state index contributed by atoms with van der Waals surface area (Å²) in [4.78, 5) is 41.3. The second kappa shape index (κ2) is 13.3. The van der Waals surface area contributed by atoms with E-state index in [1.54, 1.807) is 0 Å². The predicted octanol–water partition coefficient (Wildman–Crippen LogP) is 6.76. The van der Waals surface area contributed by atoms with Gasteiger partial charge < -0.3 is 20.2 Å². The van der Waals surface area contributed by atoms with E-state index in [-0.39, 0.29) is 0 Å². The van der Waals surface area contributed by atoms with Crippen LogP contribution in [-0.4, -0.2) is 43.5 Å². The topological polar surface area (TPSA) is 131 Å². The molecule has 0 aromatic carbocycles. The average Bonchev–Trinajstić information content (AvgIpc) is 3.63. The van der Waals surface area contributed by atoms with E-state index in [0.717, 1.165) is 68.6 Å². The van der Waals surface area contributed by atoms with E-state index < -0.39 is 23.8 Å². The fourth-order valence-electron chi connectivity index (χ4n) is 6.67. The number of nitrogens with zero attached hydrogens (tertiary/aromatic N) is 2. The Balaban J connectivity index is 1.93. The van der Waals surface area contributed by atoms with Gasteiger partial charge in [-0.3, -0.25) is 14.6 Å². The lowest BCUT2D eigenvalue weighted by Crippen LogP contribution is -2.17. The van der Waals surface area contributed by atoms with E-state index in [1.807, 2.05) is 46.8 Å². The van der Waals surface area contributed by atoms with Gasteiger partial charge in [-0.1, -0.05) is 34.3 Å². The second-order valence-corrected chi connectivity index (χ2v) is 12.0. The normalized spacial score (nSPS) is 18.8. The molecule has 0 amide bonds. The smallest absolute Gasteiger partial charge is 0.311 e. The molecule has 2 aliphatic heterocycles. The molecule has 45 heavy (non-hydrogen) atoms. The van der Waals surface area contributed by atoms with E-state index in [4.69, 9.17) is 9.98 Å². The summed E-state index contributed by atoms with van der Waals surface area (Å²) in [6.45, 7) is 22.0. The third-order valence-electron chi connectivity index (χ3n) is 9.44. The number of aliphatic imine (C=N–C) groups is 2. The molecule has 4 heterocycles. The van der Waals surface area contributed by atoms with Crippen molar-refractivity contribution in [3.63, 3.8) is 0 Å². The molecule has 8 heteroatoms. The van der Waals surface area contributed by atoms with Gasteiger partial charge in [0.2, 0.25) is 0 Å². The van der Waals surface area contributed by atoms with Crippen LogP contribution in [0.3, 0.4) is 0 Å². The van der Waals surface area contributed by atoms with Crippen LogP contribution < -0.4 is 10.7 Å². The summed E-state index contributed by atoms with van der Waals surface area (Å²) < 4.78 is 0. The molecule has 2 atom stereocenters. The number of allylic oxidation sites excluding steroid dienone is 4. The molecule has 0 spiro atoms. The minimum absolute atomic E-state index is 0.400. The van der Waals surface area contributed by atoms with Crippen LogP contribution in [0.5, 0.6) is 0 Å². The van der Waals surface area contributed by atoms with Crippen molar-refractivity contribution in [2.24, 2.45) is 15.9 Å². The summed E-state index contributed by atoms with van der Waals surface area (Å²) in [5.74, 6) is -3.27. The van der Waals surface area contributed by atoms with Crippen molar-refractivity contribution in [2.75, 3.05) is 0 Å². The van der Waals surface area contributed by atoms with Gasteiger partial charge in [-0.05, 0) is 123 Å². The second-order valence-electron chi connectivity index (χ2n) is 12.0. The summed E-state index contributed by atoms with van der Waals surface area (Å²) in [5.41, 5.74) is 12.1. The number of aromatic amines is 2. The molecule has 0 aliphatic carbocycles. The number of carbonyl (C=O) groups is 2. The Hall–Kier alpha value is -4.46. The molecule has 0 radical (unpaired) electrons. The van der Waals surface area contributed by atoms with Gasteiger partial charge in [0.25, 0.3) is 0 Å². The van der Waals surface area contributed by atoms with Crippen LogP contribution in [0.15, 0.2) is 43.7 Å². The summed E-state index contributed by atoms with van der Waals surface area (Å²) in [6, 6.07) is 0. The standard InChI is InChI=1S/C37H46N4O4/c1-11-24-18(5)22(9)38-30(24)15-28-20(7)25(12-2)31(40-28)16-29-21(8)35(27(14-4)37(44)45)33(41-29)17-32-34(19(6)23(10)39-32)26(13-3)36(42)43/h15-17,26-27,38,41H,9,11-14H2,1-8,10H3,(H,42,43)(H,44,45)/b30-15-,31-16-,32-17-. The van der Waals surface area contributed by atoms with Gasteiger partial charge in [0.15, 0.2) is 0 Å². The van der Waals surface area contributed by atoms with Gasteiger partial charge in [0.1, 0.15) is 0 Å². The van der Waals surface area contributed by atoms with Crippen molar-refractivity contribution in [3.05, 3.63) is 78.0 Å². The minimum Gasteiger partial charge on any atom is -0.481 e. The molecule has 0 bridgehead atoms. The summed E-state index contributed by atoms with van der Waals surface area (Å²) >= 11 is 0. The molecule has 0 fully saturated rings. The molecule has 4 N–H and O–H groups in total.